The number of esters is 2. The number of carbonyl (C=O) groups is 4. The fourth-order valence-corrected chi connectivity index (χ4v) is 13.9. The van der Waals surface area contributed by atoms with Crippen LogP contribution < -0.4 is 33.2 Å². The molecule has 0 radical (unpaired) electrons. The third-order valence-electron chi connectivity index (χ3n) is 17.7. The van der Waals surface area contributed by atoms with E-state index in [0.29, 0.717) is 148 Å². The standard InChI is InChI=1S/C34H43Cl2N5O4.C29H35Cl2N5O2.C19H15Cl2N3O/c1-33(2,3)44-31(42)29-18-23(16-17-41(29)32(43)45-34(4,5)6)38-19-21-10-12-22(13-11-21)28-20-39-30(37)27(40-28)15-14-24-25(35)8-7-9-26(24)36;1-29(2,3)38-28(37)25-15-20(13-14-33-25)34-16-18-7-9-19(10-8-18)26-17-35-27(32)24(36-26)12-11-21-22(30)5-4-6-23(21)31;20-15-2-1-3-16(21)14(15)8-9-17-19(22)23-10-18(24-17)13-6-4-12(11-25)5-7-13/h7-13,20,23,29,38H,14-19H2,1-6H3,(H2,37,39);4-10,17,20,25,33-34H,11-16H2,1-3H3,(H2,32,35);1-7,10-11H,8-9H2,(H2,22,23)/t23?,29-;20?,25-;/m11./s1. The molecule has 11 rings (SSSR count). The maximum absolute atomic E-state index is 13.1. The molecule has 4 atom stereocenters. The third kappa shape index (κ3) is 24.7. The van der Waals surface area contributed by atoms with Gasteiger partial charge in [-0.3, -0.25) is 14.5 Å². The number of anilines is 3. The van der Waals surface area contributed by atoms with E-state index >= 15 is 0 Å². The highest BCUT2D eigenvalue weighted by molar-refractivity contribution is 6.37. The summed E-state index contributed by atoms with van der Waals surface area (Å²) in [6.07, 6.45) is 11.6. The number of amides is 1. The summed E-state index contributed by atoms with van der Waals surface area (Å²) in [6.45, 7) is 19.0. The fraction of sp³-hybridized carbons (Fsp3) is 0.366. The number of halogens is 6. The first kappa shape index (κ1) is 83.5. The van der Waals surface area contributed by atoms with Crippen LogP contribution in [0.5, 0.6) is 0 Å². The van der Waals surface area contributed by atoms with Gasteiger partial charge in [0.1, 0.15) is 52.6 Å². The van der Waals surface area contributed by atoms with E-state index in [9.17, 15) is 19.2 Å². The minimum absolute atomic E-state index is 0.0121. The Balaban J connectivity index is 0.000000194. The predicted octanol–water partition coefficient (Wildman–Crippen LogP) is 17.0. The van der Waals surface area contributed by atoms with Crippen molar-refractivity contribution in [3.8, 4) is 33.8 Å². The molecule has 0 spiro atoms. The van der Waals surface area contributed by atoms with Crippen LogP contribution in [0.4, 0.5) is 22.2 Å². The first-order chi connectivity index (χ1) is 51.3. The van der Waals surface area contributed by atoms with Gasteiger partial charge in [0.25, 0.3) is 0 Å². The van der Waals surface area contributed by atoms with Crippen molar-refractivity contribution in [2.24, 2.45) is 0 Å². The highest BCUT2D eigenvalue weighted by atomic mass is 35.5. The van der Waals surface area contributed by atoms with E-state index in [1.54, 1.807) is 30.7 Å². The van der Waals surface area contributed by atoms with Gasteiger partial charge in [-0.25, -0.2) is 39.5 Å². The molecule has 6 aromatic carbocycles. The number of ether oxygens (including phenoxy) is 3. The number of nitrogen functional groups attached to an aromatic ring is 3. The Bertz CT molecular complexity index is 4520. The lowest BCUT2D eigenvalue weighted by atomic mass is 9.96. The summed E-state index contributed by atoms with van der Waals surface area (Å²) in [6, 6.07) is 39.0. The van der Waals surface area contributed by atoms with Gasteiger partial charge in [-0.1, -0.05) is 161 Å². The number of nitrogens with zero attached hydrogens (tertiary/aromatic N) is 7. The number of aldehydes is 1. The van der Waals surface area contributed by atoms with Gasteiger partial charge < -0.3 is 47.4 Å². The number of rotatable bonds is 21. The van der Waals surface area contributed by atoms with E-state index in [0.717, 1.165) is 80.8 Å². The molecule has 9 aromatic rings. The molecule has 2 saturated heterocycles. The van der Waals surface area contributed by atoms with Crippen molar-refractivity contribution in [1.29, 1.82) is 0 Å². The van der Waals surface area contributed by atoms with Crippen LogP contribution in [0.2, 0.25) is 30.1 Å². The van der Waals surface area contributed by atoms with Crippen molar-refractivity contribution in [3.05, 3.63) is 227 Å². The lowest BCUT2D eigenvalue weighted by molar-refractivity contribution is -0.163. The molecule has 2 fully saturated rings. The molecular formula is C82H93Cl6N13O7. The van der Waals surface area contributed by atoms with Crippen LogP contribution in [-0.2, 0) is 75.4 Å². The van der Waals surface area contributed by atoms with Crippen LogP contribution in [0.25, 0.3) is 33.8 Å². The van der Waals surface area contributed by atoms with E-state index in [-0.39, 0.29) is 24.1 Å². The lowest BCUT2D eigenvalue weighted by Crippen LogP contribution is -2.56. The number of nitrogens with one attached hydrogen (secondary N) is 3. The number of aryl methyl sites for hydroxylation is 3. The largest absolute Gasteiger partial charge is 0.459 e. The summed E-state index contributed by atoms with van der Waals surface area (Å²) in [5.41, 5.74) is 28.9. The van der Waals surface area contributed by atoms with Crippen LogP contribution in [0.15, 0.2) is 146 Å². The average Bonchev–Trinajstić information content (AvgIpc) is 0.817. The number of piperidine rings is 2. The van der Waals surface area contributed by atoms with Crippen LogP contribution in [0.1, 0.15) is 143 Å². The molecular weight excluding hydrogens is 1490 g/mol. The minimum Gasteiger partial charge on any atom is -0.459 e. The zero-order chi connectivity index (χ0) is 78.0. The van der Waals surface area contributed by atoms with Gasteiger partial charge in [-0.05, 0) is 197 Å². The second-order valence-electron chi connectivity index (χ2n) is 29.5. The molecule has 9 N–H and O–H groups in total. The molecule has 108 heavy (non-hydrogen) atoms. The summed E-state index contributed by atoms with van der Waals surface area (Å²) in [5.74, 6) is 0.557. The number of carbonyl (C=O) groups excluding carboxylic acids is 4. The second kappa shape index (κ2) is 38.2. The zero-order valence-electron chi connectivity index (χ0n) is 62.1. The average molecular weight is 1590 g/mol. The Morgan fingerprint density at radius 3 is 1.19 bits per heavy atom. The first-order valence-electron chi connectivity index (χ1n) is 35.8. The van der Waals surface area contributed by atoms with Gasteiger partial charge in [0.2, 0.25) is 0 Å². The Morgan fingerprint density at radius 2 is 0.833 bits per heavy atom. The van der Waals surface area contributed by atoms with E-state index in [1.807, 2.05) is 165 Å². The zero-order valence-corrected chi connectivity index (χ0v) is 66.7. The maximum atomic E-state index is 13.1. The Kier molecular flexibility index (Phi) is 29.5. The molecule has 5 heterocycles. The van der Waals surface area contributed by atoms with Crippen LogP contribution in [-0.4, -0.2) is 113 Å². The van der Waals surface area contributed by atoms with E-state index < -0.39 is 34.9 Å². The molecule has 0 saturated carbocycles. The SMILES string of the molecule is CC(C)(C)OC(=O)[C@H]1CC(NCc2ccc(-c3cnc(N)c(CCc4c(Cl)cccc4Cl)n3)cc2)CCN1.CC(C)(C)OC(=O)[C@H]1CC(NCc2ccc(-c3cnc(N)c(CCc4c(Cl)cccc4Cl)n3)cc2)CCN1C(=O)OC(C)(C)C.Nc1ncc(-c2ccc(C=O)cc2)nc1CCc1c(Cl)cccc1Cl. The normalized spacial score (nSPS) is 15.9. The Hall–Kier alpha value is -8.54. The molecule has 2 aliphatic rings. The first-order valence-corrected chi connectivity index (χ1v) is 38.1. The molecule has 0 bridgehead atoms. The van der Waals surface area contributed by atoms with Gasteiger partial charge in [0, 0.05) is 84.1 Å². The highest BCUT2D eigenvalue weighted by Crippen LogP contribution is 2.32. The Morgan fingerprint density at radius 1 is 0.481 bits per heavy atom. The number of likely N-dealkylation sites (tertiary alicyclic amines) is 1. The molecule has 3 aromatic heterocycles. The molecule has 2 aliphatic heterocycles. The van der Waals surface area contributed by atoms with Crippen LogP contribution in [0, 0.1) is 0 Å². The fourth-order valence-electron chi connectivity index (χ4n) is 12.1. The smallest absolute Gasteiger partial charge is 0.411 e. The quantitative estimate of drug-likeness (QED) is 0.0221. The molecule has 1 amide bonds. The number of nitrogens with two attached hydrogens (primary N) is 3. The maximum Gasteiger partial charge on any atom is 0.411 e. The summed E-state index contributed by atoms with van der Waals surface area (Å²) < 4.78 is 16.8. The van der Waals surface area contributed by atoms with Crippen molar-refractivity contribution in [2.75, 3.05) is 30.3 Å². The summed E-state index contributed by atoms with van der Waals surface area (Å²) in [7, 11) is 0. The third-order valence-corrected chi connectivity index (χ3v) is 19.8. The molecule has 570 valence electrons. The minimum atomic E-state index is -0.736. The van der Waals surface area contributed by atoms with Gasteiger partial charge >= 0.3 is 18.0 Å². The topological polar surface area (TPSA) is 291 Å². The van der Waals surface area contributed by atoms with E-state index in [1.165, 1.54) is 4.90 Å². The Labute approximate surface area is 662 Å². The summed E-state index contributed by atoms with van der Waals surface area (Å²) >= 11 is 37.7. The second-order valence-corrected chi connectivity index (χ2v) is 31.9. The predicted molar refractivity (Wildman–Crippen MR) is 433 cm³/mol. The summed E-state index contributed by atoms with van der Waals surface area (Å²) in [5, 5.41) is 14.2. The van der Waals surface area contributed by atoms with Crippen molar-refractivity contribution < 1.29 is 33.4 Å². The summed E-state index contributed by atoms with van der Waals surface area (Å²) in [4.78, 5) is 78.0. The highest BCUT2D eigenvalue weighted by Gasteiger charge is 2.41. The number of hydrogen-bond acceptors (Lipinski definition) is 19. The van der Waals surface area contributed by atoms with Crippen molar-refractivity contribution in [3.63, 3.8) is 0 Å². The molecule has 20 nitrogen and oxygen atoms in total. The molecule has 0 aliphatic carbocycles. The van der Waals surface area contributed by atoms with Crippen molar-refractivity contribution >= 4 is 111 Å². The van der Waals surface area contributed by atoms with E-state index in [2.05, 4.69) is 48.0 Å². The molecule has 2 unspecified atom stereocenters. The monoisotopic (exact) mass is 1580 g/mol. The number of benzene rings is 6. The van der Waals surface area contributed by atoms with Gasteiger partial charge in [-0.2, -0.15) is 0 Å². The lowest BCUT2D eigenvalue weighted by Gasteiger charge is -2.39. The van der Waals surface area contributed by atoms with Crippen LogP contribution >= 0.6 is 69.6 Å². The van der Waals surface area contributed by atoms with Crippen LogP contribution in [0.3, 0.4) is 0 Å². The van der Waals surface area contributed by atoms with Crippen molar-refractivity contribution in [2.45, 2.75) is 181 Å². The van der Waals surface area contributed by atoms with E-state index in [4.69, 9.17) is 111 Å². The van der Waals surface area contributed by atoms with Crippen molar-refractivity contribution in [1.82, 2.24) is 50.8 Å². The molecule has 26 heteroatoms. The van der Waals surface area contributed by atoms with Gasteiger partial charge in [-0.15, -0.1) is 0 Å². The van der Waals surface area contributed by atoms with Gasteiger partial charge in [0.15, 0.2) is 0 Å². The number of hydrogen-bond donors (Lipinski definition) is 6. The number of aromatic nitrogens is 6. The van der Waals surface area contributed by atoms with Gasteiger partial charge in [0.05, 0.1) is 52.8 Å².